The minimum atomic E-state index is -1.61. The van der Waals surface area contributed by atoms with Gasteiger partial charge in [0.25, 0.3) is 5.56 Å². The number of benzene rings is 1. The molecule has 1 aromatic carbocycles. The summed E-state index contributed by atoms with van der Waals surface area (Å²) in [6, 6.07) is 5.04. The van der Waals surface area contributed by atoms with E-state index in [9.17, 15) is 23.9 Å². The van der Waals surface area contributed by atoms with Crippen LogP contribution >= 0.6 is 11.3 Å². The van der Waals surface area contributed by atoms with Crippen LogP contribution in [0.5, 0.6) is 5.75 Å². The van der Waals surface area contributed by atoms with Gasteiger partial charge in [-0.1, -0.05) is 11.3 Å². The number of aryl methyl sites for hydroxylation is 1. The molecule has 216 valence electrons. The van der Waals surface area contributed by atoms with E-state index in [1.807, 2.05) is 6.07 Å². The number of amides is 1. The molecule has 0 unspecified atom stereocenters. The van der Waals surface area contributed by atoms with Gasteiger partial charge in [-0.05, 0) is 52.8 Å². The van der Waals surface area contributed by atoms with Crippen molar-refractivity contribution in [1.82, 2.24) is 29.4 Å². The van der Waals surface area contributed by atoms with Crippen molar-refractivity contribution in [2.24, 2.45) is 0 Å². The average molecular weight is 584 g/mol. The van der Waals surface area contributed by atoms with Crippen molar-refractivity contribution in [3.8, 4) is 16.8 Å². The summed E-state index contributed by atoms with van der Waals surface area (Å²) in [7, 11) is 0. The minimum Gasteiger partial charge on any atom is -0.508 e. The Kier molecular flexibility index (Phi) is 8.41. The minimum absolute atomic E-state index is 0.00597. The number of carbonyl (C=O) groups excluding carboxylic acids is 1. The fourth-order valence-electron chi connectivity index (χ4n) is 4.48. The number of nitrogens with zero attached hydrogens (tertiary/aromatic N) is 6. The first-order valence-corrected chi connectivity index (χ1v) is 13.6. The lowest BCUT2D eigenvalue weighted by atomic mass is 10.0. The lowest BCUT2D eigenvalue weighted by molar-refractivity contribution is -0.129. The third-order valence-corrected chi connectivity index (χ3v) is 7.82. The molecular weight excluding hydrogens is 553 g/mol. The molecule has 0 aliphatic carbocycles. The second-order valence-electron chi connectivity index (χ2n) is 10.2. The summed E-state index contributed by atoms with van der Waals surface area (Å²) in [5.41, 5.74) is -2.54. The summed E-state index contributed by atoms with van der Waals surface area (Å²) >= 11 is 1.09. The molecule has 0 radical (unpaired) electrons. The number of aromatic nitrogens is 5. The molecule has 4 rings (SSSR count). The van der Waals surface area contributed by atoms with Crippen LogP contribution in [-0.4, -0.2) is 47.8 Å². The number of carbonyl (C=O) groups is 1. The predicted molar refractivity (Wildman–Crippen MR) is 150 cm³/mol. The molecule has 41 heavy (non-hydrogen) atoms. The molecule has 2 N–H and O–H groups in total. The van der Waals surface area contributed by atoms with E-state index in [0.717, 1.165) is 28.0 Å². The van der Waals surface area contributed by atoms with Gasteiger partial charge >= 0.3 is 5.69 Å². The molecular formula is C27H30FN7O5S. The Morgan fingerprint density at radius 1 is 1.27 bits per heavy atom. The molecule has 1 atom stereocenters. The van der Waals surface area contributed by atoms with E-state index in [-0.39, 0.29) is 47.1 Å². The monoisotopic (exact) mass is 583 g/mol. The zero-order valence-corrected chi connectivity index (χ0v) is 24.0. The fraction of sp³-hybridized carbons (Fsp3) is 0.407. The van der Waals surface area contributed by atoms with E-state index in [1.165, 1.54) is 41.7 Å². The lowest BCUT2D eigenvalue weighted by Crippen LogP contribution is -2.56. The number of thiophene rings is 1. The van der Waals surface area contributed by atoms with E-state index in [1.54, 1.807) is 20.8 Å². The molecule has 0 saturated heterocycles. The SMILES string of the molecule is Cc1c(-n2nccn2)sc2c1c(=O)n(C(C)(C)C(=O)NC(C)C)c(=O)n2C[C@H](OCCC#N)c1cc(F)ccc1O. The number of phenols is 1. The highest BCUT2D eigenvalue weighted by molar-refractivity contribution is 7.21. The summed E-state index contributed by atoms with van der Waals surface area (Å²) < 4.78 is 22.3. The van der Waals surface area contributed by atoms with Crippen LogP contribution in [0.3, 0.4) is 0 Å². The molecule has 3 heterocycles. The Morgan fingerprint density at radius 3 is 2.59 bits per heavy atom. The highest BCUT2D eigenvalue weighted by Crippen LogP contribution is 2.34. The molecule has 1 amide bonds. The number of aromatic hydroxyl groups is 1. The van der Waals surface area contributed by atoms with Crippen molar-refractivity contribution >= 4 is 27.5 Å². The maximum atomic E-state index is 14.3. The van der Waals surface area contributed by atoms with E-state index in [2.05, 4.69) is 15.5 Å². The van der Waals surface area contributed by atoms with Gasteiger partial charge in [-0.3, -0.25) is 14.2 Å². The standard InChI is InChI=1S/C27H30FN7O5S/c1-15(2)32-25(38)27(4,5)34-22(37)21-16(3)23(35-30-10-11-31-35)41-24(21)33(26(34)39)14-20(40-12-6-9-29)18-13-17(28)7-8-19(18)36/h7-8,10-11,13,15,20,36H,6,12,14H2,1-5H3,(H,32,38)/t20-/m0/s1. The number of fused-ring (bicyclic) bond motifs is 1. The number of ether oxygens (including phenoxy) is 1. The maximum Gasteiger partial charge on any atom is 0.333 e. The first kappa shape index (κ1) is 29.6. The van der Waals surface area contributed by atoms with E-state index < -0.39 is 34.6 Å². The first-order valence-electron chi connectivity index (χ1n) is 12.8. The summed E-state index contributed by atoms with van der Waals surface area (Å²) in [5.74, 6) is -1.45. The number of hydrogen-bond acceptors (Lipinski definition) is 9. The van der Waals surface area contributed by atoms with Gasteiger partial charge in [0.1, 0.15) is 33.0 Å². The van der Waals surface area contributed by atoms with Crippen molar-refractivity contribution < 1.29 is 19.0 Å². The highest BCUT2D eigenvalue weighted by Gasteiger charge is 2.36. The zero-order chi connectivity index (χ0) is 30.1. The van der Waals surface area contributed by atoms with Gasteiger partial charge in [-0.2, -0.15) is 15.5 Å². The van der Waals surface area contributed by atoms with Crippen LogP contribution in [0, 0.1) is 24.1 Å². The molecule has 0 saturated carbocycles. The molecule has 4 aromatic rings. The lowest BCUT2D eigenvalue weighted by Gasteiger charge is -2.28. The molecule has 0 bridgehead atoms. The van der Waals surface area contributed by atoms with Crippen LogP contribution in [0.4, 0.5) is 4.39 Å². The second kappa shape index (κ2) is 11.6. The number of hydrogen-bond donors (Lipinski definition) is 2. The Bertz CT molecular complexity index is 1750. The number of halogens is 1. The Morgan fingerprint density at radius 2 is 1.95 bits per heavy atom. The van der Waals surface area contributed by atoms with E-state index in [4.69, 9.17) is 10.00 Å². The summed E-state index contributed by atoms with van der Waals surface area (Å²) in [5, 5.41) is 31.3. The molecule has 0 aliphatic rings. The van der Waals surface area contributed by atoms with Crippen molar-refractivity contribution in [1.29, 1.82) is 5.26 Å². The van der Waals surface area contributed by atoms with Gasteiger partial charge in [0, 0.05) is 17.2 Å². The summed E-state index contributed by atoms with van der Waals surface area (Å²) in [6.07, 6.45) is 1.86. The second-order valence-corrected chi connectivity index (χ2v) is 11.2. The first-order chi connectivity index (χ1) is 19.4. The van der Waals surface area contributed by atoms with Crippen LogP contribution in [0.25, 0.3) is 15.2 Å². The largest absolute Gasteiger partial charge is 0.508 e. The molecule has 0 fully saturated rings. The Labute approximate surface area is 238 Å². The summed E-state index contributed by atoms with van der Waals surface area (Å²) in [4.78, 5) is 43.0. The number of phenolic OH excluding ortho intramolecular Hbond substituents is 1. The van der Waals surface area contributed by atoms with Gasteiger partial charge in [0.05, 0.1) is 43.4 Å². The molecule has 12 nitrogen and oxygen atoms in total. The normalized spacial score (nSPS) is 12.5. The van der Waals surface area contributed by atoms with Crippen LogP contribution in [0.1, 0.15) is 51.3 Å². The number of nitrogens with one attached hydrogen (secondary N) is 1. The molecule has 14 heteroatoms. The van der Waals surface area contributed by atoms with Gasteiger partial charge in [-0.25, -0.2) is 13.8 Å². The zero-order valence-electron chi connectivity index (χ0n) is 23.2. The van der Waals surface area contributed by atoms with Crippen molar-refractivity contribution in [2.75, 3.05) is 6.61 Å². The topological polar surface area (TPSA) is 157 Å². The number of nitriles is 1. The van der Waals surface area contributed by atoms with Gasteiger partial charge in [0.2, 0.25) is 5.91 Å². The van der Waals surface area contributed by atoms with Crippen LogP contribution < -0.4 is 16.6 Å². The predicted octanol–water partition coefficient (Wildman–Crippen LogP) is 2.89. The van der Waals surface area contributed by atoms with Crippen molar-refractivity contribution in [2.45, 2.75) is 65.3 Å². The maximum absolute atomic E-state index is 14.3. The Balaban J connectivity index is 2.02. The molecule has 3 aromatic heterocycles. The smallest absolute Gasteiger partial charge is 0.333 e. The van der Waals surface area contributed by atoms with Gasteiger partial charge in [0.15, 0.2) is 0 Å². The van der Waals surface area contributed by atoms with E-state index in [0.29, 0.717) is 10.6 Å². The average Bonchev–Trinajstić information content (AvgIpc) is 3.55. The van der Waals surface area contributed by atoms with Crippen LogP contribution in [0.15, 0.2) is 40.2 Å². The summed E-state index contributed by atoms with van der Waals surface area (Å²) in [6.45, 7) is 7.83. The van der Waals surface area contributed by atoms with Crippen molar-refractivity contribution in [3.63, 3.8) is 0 Å². The van der Waals surface area contributed by atoms with Crippen molar-refractivity contribution in [3.05, 3.63) is 68.4 Å². The Hall–Kier alpha value is -4.35. The van der Waals surface area contributed by atoms with Gasteiger partial charge < -0.3 is 15.2 Å². The fourth-order valence-corrected chi connectivity index (χ4v) is 5.70. The van der Waals surface area contributed by atoms with Crippen LogP contribution in [-0.2, 0) is 21.6 Å². The highest BCUT2D eigenvalue weighted by atomic mass is 32.1. The number of rotatable bonds is 10. The van der Waals surface area contributed by atoms with Gasteiger partial charge in [-0.15, -0.1) is 4.80 Å². The van der Waals surface area contributed by atoms with Crippen LogP contribution in [0.2, 0.25) is 0 Å². The molecule has 0 aliphatic heterocycles. The third kappa shape index (κ3) is 5.63. The molecule has 0 spiro atoms. The van der Waals surface area contributed by atoms with E-state index >= 15 is 0 Å². The third-order valence-electron chi connectivity index (χ3n) is 6.54. The quantitative estimate of drug-likeness (QED) is 0.270.